The van der Waals surface area contributed by atoms with Crippen LogP contribution in [0.1, 0.15) is 6.42 Å². The summed E-state index contributed by atoms with van der Waals surface area (Å²) in [5.41, 5.74) is 0.844. The largest absolute Gasteiger partial charge is 0.356 e. The van der Waals surface area contributed by atoms with E-state index in [1.54, 1.807) is 6.20 Å². The predicted molar refractivity (Wildman–Crippen MR) is 56.4 cm³/mol. The Labute approximate surface area is 82.4 Å². The van der Waals surface area contributed by atoms with Crippen molar-refractivity contribution in [3.63, 3.8) is 0 Å². The van der Waals surface area contributed by atoms with Crippen molar-refractivity contribution in [3.8, 4) is 0 Å². The molecule has 0 saturated carbocycles. The first-order valence-corrected chi connectivity index (χ1v) is 4.90. The first kappa shape index (κ1) is 7.74. The highest BCUT2D eigenvalue weighted by molar-refractivity contribution is 5.76. The van der Waals surface area contributed by atoms with Gasteiger partial charge in [-0.05, 0) is 30.7 Å². The van der Waals surface area contributed by atoms with Crippen molar-refractivity contribution in [2.24, 2.45) is 0 Å². The normalized spacial score (nSPS) is 15.6. The molecule has 3 heteroatoms. The van der Waals surface area contributed by atoms with E-state index in [0.717, 1.165) is 29.9 Å². The molecule has 3 rings (SSSR count). The fourth-order valence-corrected chi connectivity index (χ4v) is 1.66. The second-order valence-corrected chi connectivity index (χ2v) is 3.56. The number of nitrogens with zero attached hydrogens (tertiary/aromatic N) is 3. The number of hydrogen-bond acceptors (Lipinski definition) is 3. The molecule has 3 heterocycles. The lowest BCUT2D eigenvalue weighted by Gasteiger charge is -2.31. The fraction of sp³-hybridized carbons (Fsp3) is 0.273. The molecule has 1 aliphatic heterocycles. The Morgan fingerprint density at radius 3 is 2.86 bits per heavy atom. The Hall–Kier alpha value is -1.64. The van der Waals surface area contributed by atoms with Gasteiger partial charge < -0.3 is 4.90 Å². The summed E-state index contributed by atoms with van der Waals surface area (Å²) in [5.74, 6) is 1.06. The molecule has 0 unspecified atom stereocenters. The summed E-state index contributed by atoms with van der Waals surface area (Å²) in [7, 11) is 0. The van der Waals surface area contributed by atoms with E-state index in [4.69, 9.17) is 0 Å². The van der Waals surface area contributed by atoms with Crippen LogP contribution in [0.4, 0.5) is 5.82 Å². The van der Waals surface area contributed by atoms with Crippen LogP contribution in [0.15, 0.2) is 30.5 Å². The van der Waals surface area contributed by atoms with Crippen LogP contribution in [0.2, 0.25) is 0 Å². The van der Waals surface area contributed by atoms with E-state index >= 15 is 0 Å². The molecule has 0 aromatic carbocycles. The number of fused-ring (bicyclic) bond motifs is 1. The minimum atomic E-state index is 0.844. The quantitative estimate of drug-likeness (QED) is 0.678. The van der Waals surface area contributed by atoms with Gasteiger partial charge in [0.1, 0.15) is 5.82 Å². The lowest BCUT2D eigenvalue weighted by Crippen LogP contribution is -2.37. The van der Waals surface area contributed by atoms with Gasteiger partial charge in [-0.25, -0.2) is 9.97 Å². The minimum absolute atomic E-state index is 0.844. The maximum Gasteiger partial charge on any atom is 0.161 e. The van der Waals surface area contributed by atoms with Crippen molar-refractivity contribution in [2.75, 3.05) is 18.0 Å². The third kappa shape index (κ3) is 1.13. The third-order valence-electron chi connectivity index (χ3n) is 2.63. The summed E-state index contributed by atoms with van der Waals surface area (Å²) in [5, 5.41) is 1.11. The van der Waals surface area contributed by atoms with Gasteiger partial charge in [-0.15, -0.1) is 0 Å². The van der Waals surface area contributed by atoms with E-state index in [1.165, 1.54) is 6.42 Å². The summed E-state index contributed by atoms with van der Waals surface area (Å²) in [6, 6.07) is 8.13. The molecule has 70 valence electrons. The summed E-state index contributed by atoms with van der Waals surface area (Å²) in [6.07, 6.45) is 3.07. The number of pyridine rings is 2. The van der Waals surface area contributed by atoms with Crippen LogP contribution in [0.5, 0.6) is 0 Å². The SMILES string of the molecule is c1cnc2nc(N3CCC3)ccc2c1. The van der Waals surface area contributed by atoms with E-state index in [-0.39, 0.29) is 0 Å². The Balaban J connectivity index is 2.10. The van der Waals surface area contributed by atoms with Crippen LogP contribution in [0.3, 0.4) is 0 Å². The van der Waals surface area contributed by atoms with E-state index in [1.807, 2.05) is 12.1 Å². The molecule has 14 heavy (non-hydrogen) atoms. The molecule has 2 aromatic rings. The molecule has 1 aliphatic rings. The second-order valence-electron chi connectivity index (χ2n) is 3.56. The summed E-state index contributed by atoms with van der Waals surface area (Å²) in [4.78, 5) is 11.0. The van der Waals surface area contributed by atoms with Gasteiger partial charge in [0.25, 0.3) is 0 Å². The van der Waals surface area contributed by atoms with Gasteiger partial charge in [-0.3, -0.25) is 0 Å². The van der Waals surface area contributed by atoms with Crippen molar-refractivity contribution < 1.29 is 0 Å². The number of hydrogen-bond donors (Lipinski definition) is 0. The average molecular weight is 185 g/mol. The molecule has 1 fully saturated rings. The molecule has 0 aliphatic carbocycles. The predicted octanol–water partition coefficient (Wildman–Crippen LogP) is 1.84. The van der Waals surface area contributed by atoms with E-state index in [9.17, 15) is 0 Å². The zero-order valence-corrected chi connectivity index (χ0v) is 7.85. The Morgan fingerprint density at radius 1 is 1.14 bits per heavy atom. The Morgan fingerprint density at radius 2 is 2.07 bits per heavy atom. The Kier molecular flexibility index (Phi) is 1.63. The zero-order chi connectivity index (χ0) is 9.38. The lowest BCUT2D eigenvalue weighted by molar-refractivity contribution is 0.610. The van der Waals surface area contributed by atoms with Crippen LogP contribution in [0.25, 0.3) is 11.0 Å². The molecule has 1 saturated heterocycles. The van der Waals surface area contributed by atoms with Gasteiger partial charge in [0, 0.05) is 24.7 Å². The van der Waals surface area contributed by atoms with Crippen LogP contribution in [-0.2, 0) is 0 Å². The monoisotopic (exact) mass is 185 g/mol. The highest BCUT2D eigenvalue weighted by atomic mass is 15.2. The first-order valence-electron chi connectivity index (χ1n) is 4.90. The lowest BCUT2D eigenvalue weighted by atomic mass is 10.2. The van der Waals surface area contributed by atoms with Gasteiger partial charge in [0.2, 0.25) is 0 Å². The highest BCUT2D eigenvalue weighted by Gasteiger charge is 2.15. The molecule has 3 nitrogen and oxygen atoms in total. The van der Waals surface area contributed by atoms with Gasteiger partial charge in [0.05, 0.1) is 0 Å². The molecular formula is C11H11N3. The van der Waals surface area contributed by atoms with E-state index in [2.05, 4.69) is 27.0 Å². The van der Waals surface area contributed by atoms with Crippen molar-refractivity contribution in [2.45, 2.75) is 6.42 Å². The summed E-state index contributed by atoms with van der Waals surface area (Å²) in [6.45, 7) is 2.26. The average Bonchev–Trinajstić information content (AvgIpc) is 2.15. The van der Waals surface area contributed by atoms with Crippen LogP contribution < -0.4 is 4.90 Å². The maximum atomic E-state index is 4.51. The van der Waals surface area contributed by atoms with Crippen molar-refractivity contribution in [1.82, 2.24) is 9.97 Å². The van der Waals surface area contributed by atoms with Gasteiger partial charge >= 0.3 is 0 Å². The smallest absolute Gasteiger partial charge is 0.161 e. The van der Waals surface area contributed by atoms with Crippen LogP contribution >= 0.6 is 0 Å². The fourth-order valence-electron chi connectivity index (χ4n) is 1.66. The highest BCUT2D eigenvalue weighted by Crippen LogP contribution is 2.20. The molecule has 0 bridgehead atoms. The standard InChI is InChI=1S/C11H11N3/c1-3-9-4-5-10(14-7-2-8-14)13-11(9)12-6-1/h1,3-6H,2,7-8H2. The molecule has 0 amide bonds. The summed E-state index contributed by atoms with van der Waals surface area (Å²) < 4.78 is 0. The number of rotatable bonds is 1. The molecule has 0 spiro atoms. The first-order chi connectivity index (χ1) is 6.93. The Bertz CT molecular complexity index is 463. The van der Waals surface area contributed by atoms with Crippen LogP contribution in [-0.4, -0.2) is 23.1 Å². The van der Waals surface area contributed by atoms with Crippen LogP contribution in [0, 0.1) is 0 Å². The second kappa shape index (κ2) is 2.94. The topological polar surface area (TPSA) is 29.0 Å². The van der Waals surface area contributed by atoms with Crippen molar-refractivity contribution in [3.05, 3.63) is 30.5 Å². The van der Waals surface area contributed by atoms with Gasteiger partial charge in [-0.1, -0.05) is 0 Å². The van der Waals surface area contributed by atoms with Crippen molar-refractivity contribution >= 4 is 16.9 Å². The maximum absolute atomic E-state index is 4.51. The van der Waals surface area contributed by atoms with Crippen molar-refractivity contribution in [1.29, 1.82) is 0 Å². The van der Waals surface area contributed by atoms with Gasteiger partial charge in [0.15, 0.2) is 5.65 Å². The molecule has 0 radical (unpaired) electrons. The molecular weight excluding hydrogens is 174 g/mol. The summed E-state index contributed by atoms with van der Waals surface area (Å²) >= 11 is 0. The van der Waals surface area contributed by atoms with E-state index < -0.39 is 0 Å². The molecule has 2 aromatic heterocycles. The molecule has 0 atom stereocenters. The van der Waals surface area contributed by atoms with E-state index in [0.29, 0.717) is 0 Å². The zero-order valence-electron chi connectivity index (χ0n) is 7.85. The minimum Gasteiger partial charge on any atom is -0.356 e. The van der Waals surface area contributed by atoms with Gasteiger partial charge in [-0.2, -0.15) is 0 Å². The third-order valence-corrected chi connectivity index (χ3v) is 2.63. The molecule has 0 N–H and O–H groups in total. The number of anilines is 1. The number of aromatic nitrogens is 2.